The largest absolute Gasteiger partial charge is 0.399 e. The topological polar surface area (TPSA) is 26.0 Å². The minimum atomic E-state index is 0.856. The maximum absolute atomic E-state index is 5.53. The van der Waals surface area contributed by atoms with E-state index in [1.54, 1.807) is 0 Å². The van der Waals surface area contributed by atoms with Gasteiger partial charge in [0, 0.05) is 5.69 Å². The van der Waals surface area contributed by atoms with E-state index in [0.29, 0.717) is 0 Å². The maximum Gasteiger partial charge on any atom is 0.0316 e. The van der Waals surface area contributed by atoms with Crippen LogP contribution in [-0.4, -0.2) is 0 Å². The van der Waals surface area contributed by atoms with Gasteiger partial charge in [-0.1, -0.05) is 32.9 Å². The number of nitrogens with two attached hydrogens (primary N) is 1. The van der Waals surface area contributed by atoms with Gasteiger partial charge in [-0.2, -0.15) is 0 Å². The van der Waals surface area contributed by atoms with Crippen LogP contribution in [0, 0.1) is 0 Å². The monoisotopic (exact) mass is 151 g/mol. The average molecular weight is 151 g/mol. The smallest absolute Gasteiger partial charge is 0.0316 e. The van der Waals surface area contributed by atoms with Crippen molar-refractivity contribution in [3.05, 3.63) is 29.8 Å². The van der Waals surface area contributed by atoms with Crippen LogP contribution >= 0.6 is 0 Å². The highest BCUT2D eigenvalue weighted by molar-refractivity contribution is 5.40. The Bertz CT molecular complexity index is 194. The Hall–Kier alpha value is -0.980. The first-order valence-corrected chi connectivity index (χ1v) is 4.17. The van der Waals surface area contributed by atoms with Crippen molar-refractivity contribution in [2.45, 2.75) is 27.2 Å². The van der Waals surface area contributed by atoms with Crippen LogP contribution in [-0.2, 0) is 6.42 Å². The fraction of sp³-hybridized carbons (Fsp3) is 0.400. The van der Waals surface area contributed by atoms with Crippen LogP contribution in [0.3, 0.4) is 0 Å². The zero-order chi connectivity index (χ0) is 8.69. The van der Waals surface area contributed by atoms with Gasteiger partial charge in [-0.05, 0) is 24.1 Å². The van der Waals surface area contributed by atoms with Crippen molar-refractivity contribution >= 4 is 5.69 Å². The van der Waals surface area contributed by atoms with Crippen LogP contribution in [0.2, 0.25) is 0 Å². The van der Waals surface area contributed by atoms with Crippen molar-refractivity contribution < 1.29 is 0 Å². The number of anilines is 1. The van der Waals surface area contributed by atoms with Gasteiger partial charge in [-0.3, -0.25) is 0 Å². The van der Waals surface area contributed by atoms with E-state index in [4.69, 9.17) is 5.73 Å². The summed E-state index contributed by atoms with van der Waals surface area (Å²) in [4.78, 5) is 0. The molecule has 0 saturated carbocycles. The molecule has 1 aromatic carbocycles. The third kappa shape index (κ3) is 3.66. The second-order valence-corrected chi connectivity index (χ2v) is 2.10. The van der Waals surface area contributed by atoms with Gasteiger partial charge in [-0.15, -0.1) is 0 Å². The van der Waals surface area contributed by atoms with Crippen LogP contribution in [0.5, 0.6) is 0 Å². The molecule has 62 valence electrons. The molecule has 0 aliphatic heterocycles. The molecule has 0 unspecified atom stereocenters. The van der Waals surface area contributed by atoms with E-state index in [1.165, 1.54) is 5.56 Å². The van der Waals surface area contributed by atoms with Gasteiger partial charge in [0.25, 0.3) is 0 Å². The van der Waals surface area contributed by atoms with E-state index in [0.717, 1.165) is 12.1 Å². The van der Waals surface area contributed by atoms with Crippen molar-refractivity contribution in [3.63, 3.8) is 0 Å². The number of aryl methyl sites for hydroxylation is 1. The summed E-state index contributed by atoms with van der Waals surface area (Å²) in [5.74, 6) is 0. The molecule has 2 N–H and O–H groups in total. The molecule has 0 atom stereocenters. The second kappa shape index (κ2) is 5.78. The third-order valence-electron chi connectivity index (χ3n) is 1.36. The standard InChI is InChI=1S/C8H11N.C2H6/c1-2-7-4-3-5-8(9)6-7;1-2/h3-6H,2,9H2,1H3;1-2H3. The number of benzene rings is 1. The summed E-state index contributed by atoms with van der Waals surface area (Å²) in [5.41, 5.74) is 7.69. The van der Waals surface area contributed by atoms with Gasteiger partial charge < -0.3 is 5.73 Å². The van der Waals surface area contributed by atoms with E-state index in [2.05, 4.69) is 13.0 Å². The van der Waals surface area contributed by atoms with Crippen molar-refractivity contribution in [3.8, 4) is 0 Å². The Labute approximate surface area is 69.2 Å². The van der Waals surface area contributed by atoms with Crippen LogP contribution in [0.15, 0.2) is 24.3 Å². The molecule has 0 aromatic heterocycles. The van der Waals surface area contributed by atoms with Gasteiger partial charge in [0.05, 0.1) is 0 Å². The molecule has 0 aliphatic carbocycles. The van der Waals surface area contributed by atoms with E-state index in [-0.39, 0.29) is 0 Å². The number of hydrogen-bond donors (Lipinski definition) is 1. The molecule has 0 heterocycles. The Balaban J connectivity index is 0.000000461. The summed E-state index contributed by atoms with van der Waals surface area (Å²) < 4.78 is 0. The van der Waals surface area contributed by atoms with E-state index in [1.807, 2.05) is 32.0 Å². The highest BCUT2D eigenvalue weighted by atomic mass is 14.5. The minimum Gasteiger partial charge on any atom is -0.399 e. The summed E-state index contributed by atoms with van der Waals surface area (Å²) in [6.07, 6.45) is 1.06. The lowest BCUT2D eigenvalue weighted by Gasteiger charge is -1.95. The second-order valence-electron chi connectivity index (χ2n) is 2.10. The normalized spacial score (nSPS) is 8.27. The van der Waals surface area contributed by atoms with Gasteiger partial charge >= 0.3 is 0 Å². The molecule has 11 heavy (non-hydrogen) atoms. The van der Waals surface area contributed by atoms with Gasteiger partial charge in [0.2, 0.25) is 0 Å². The van der Waals surface area contributed by atoms with Crippen molar-refractivity contribution in [1.29, 1.82) is 0 Å². The molecule has 0 fully saturated rings. The van der Waals surface area contributed by atoms with Gasteiger partial charge in [-0.25, -0.2) is 0 Å². The SMILES string of the molecule is CC.CCc1cccc(N)c1. The van der Waals surface area contributed by atoms with E-state index >= 15 is 0 Å². The number of nitrogen functional groups attached to an aromatic ring is 1. The average Bonchev–Trinajstić information content (AvgIpc) is 2.08. The van der Waals surface area contributed by atoms with Crippen molar-refractivity contribution in [1.82, 2.24) is 0 Å². The summed E-state index contributed by atoms with van der Waals surface area (Å²) in [6, 6.07) is 7.96. The first-order valence-electron chi connectivity index (χ1n) is 4.17. The zero-order valence-corrected chi connectivity index (χ0v) is 7.59. The van der Waals surface area contributed by atoms with Crippen LogP contribution < -0.4 is 5.73 Å². The van der Waals surface area contributed by atoms with Crippen LogP contribution in [0.25, 0.3) is 0 Å². The molecule has 0 bridgehead atoms. The Morgan fingerprint density at radius 2 is 1.91 bits per heavy atom. The Kier molecular flexibility index (Phi) is 5.26. The molecular formula is C10H17N. The molecule has 0 radical (unpaired) electrons. The predicted molar refractivity (Wildman–Crippen MR) is 51.6 cm³/mol. The van der Waals surface area contributed by atoms with E-state index in [9.17, 15) is 0 Å². The lowest BCUT2D eigenvalue weighted by molar-refractivity contribution is 1.14. The molecule has 0 amide bonds. The molecule has 0 aliphatic rings. The van der Waals surface area contributed by atoms with Crippen LogP contribution in [0.1, 0.15) is 26.3 Å². The Morgan fingerprint density at radius 1 is 1.27 bits per heavy atom. The fourth-order valence-electron chi connectivity index (χ4n) is 0.813. The summed E-state index contributed by atoms with van der Waals surface area (Å²) in [6.45, 7) is 6.12. The molecule has 0 saturated heterocycles. The highest BCUT2D eigenvalue weighted by Crippen LogP contribution is 2.05. The molecular weight excluding hydrogens is 134 g/mol. The first kappa shape index (κ1) is 10.0. The Morgan fingerprint density at radius 3 is 2.27 bits per heavy atom. The third-order valence-corrected chi connectivity index (χ3v) is 1.36. The summed E-state index contributed by atoms with van der Waals surface area (Å²) in [7, 11) is 0. The zero-order valence-electron chi connectivity index (χ0n) is 7.59. The number of hydrogen-bond acceptors (Lipinski definition) is 1. The maximum atomic E-state index is 5.53. The quantitative estimate of drug-likeness (QED) is 0.614. The van der Waals surface area contributed by atoms with Gasteiger partial charge in [0.1, 0.15) is 0 Å². The molecule has 1 nitrogen and oxygen atoms in total. The van der Waals surface area contributed by atoms with Crippen molar-refractivity contribution in [2.75, 3.05) is 5.73 Å². The number of rotatable bonds is 1. The van der Waals surface area contributed by atoms with Crippen LogP contribution in [0.4, 0.5) is 5.69 Å². The molecule has 1 aromatic rings. The van der Waals surface area contributed by atoms with Gasteiger partial charge in [0.15, 0.2) is 0 Å². The molecule has 1 rings (SSSR count). The first-order chi connectivity index (χ1) is 5.33. The summed E-state index contributed by atoms with van der Waals surface area (Å²) in [5, 5.41) is 0. The minimum absolute atomic E-state index is 0.856. The lowest BCUT2D eigenvalue weighted by Crippen LogP contribution is -1.85. The van der Waals surface area contributed by atoms with Crippen molar-refractivity contribution in [2.24, 2.45) is 0 Å². The predicted octanol–water partition coefficient (Wildman–Crippen LogP) is 2.86. The van der Waals surface area contributed by atoms with E-state index < -0.39 is 0 Å². The lowest BCUT2D eigenvalue weighted by atomic mass is 10.1. The molecule has 1 heteroatoms. The highest BCUT2D eigenvalue weighted by Gasteiger charge is 1.86. The summed E-state index contributed by atoms with van der Waals surface area (Å²) >= 11 is 0. The fourth-order valence-corrected chi connectivity index (χ4v) is 0.813. The molecule has 0 spiro atoms.